The van der Waals surface area contributed by atoms with Crippen molar-refractivity contribution in [3.05, 3.63) is 66.0 Å². The highest BCUT2D eigenvalue weighted by molar-refractivity contribution is 5.97. The van der Waals surface area contributed by atoms with Crippen molar-refractivity contribution in [3.8, 4) is 0 Å². The lowest BCUT2D eigenvalue weighted by atomic mass is 10.1. The molecule has 0 spiro atoms. The van der Waals surface area contributed by atoms with Gasteiger partial charge in [0.25, 0.3) is 0 Å². The topological polar surface area (TPSA) is 49.4 Å². The Bertz CT molecular complexity index is 731. The van der Waals surface area contributed by atoms with Crippen LogP contribution in [0.15, 0.2) is 54.6 Å². The molecule has 2 aromatic rings. The average molecular weight is 326 g/mol. The number of hydrogen-bond acceptors (Lipinski definition) is 2. The number of halogens is 1. The van der Waals surface area contributed by atoms with Crippen molar-refractivity contribution in [2.45, 2.75) is 19.4 Å². The van der Waals surface area contributed by atoms with Crippen molar-refractivity contribution >= 4 is 17.5 Å². The Morgan fingerprint density at radius 3 is 2.50 bits per heavy atom. The molecule has 0 radical (unpaired) electrons. The van der Waals surface area contributed by atoms with Crippen LogP contribution in [0.4, 0.5) is 10.1 Å². The Balaban J connectivity index is 1.65. The number of anilines is 1. The first-order valence-corrected chi connectivity index (χ1v) is 7.95. The molecule has 0 bridgehead atoms. The van der Waals surface area contributed by atoms with E-state index in [1.165, 1.54) is 24.3 Å². The summed E-state index contributed by atoms with van der Waals surface area (Å²) in [6, 6.07) is 15.3. The molecule has 3 rings (SSSR count). The van der Waals surface area contributed by atoms with Crippen molar-refractivity contribution in [2.24, 2.45) is 5.92 Å². The summed E-state index contributed by atoms with van der Waals surface area (Å²) >= 11 is 0. The maximum atomic E-state index is 12.9. The van der Waals surface area contributed by atoms with Crippen LogP contribution in [0.1, 0.15) is 24.9 Å². The van der Waals surface area contributed by atoms with E-state index in [9.17, 15) is 14.0 Å². The molecule has 0 saturated carbocycles. The van der Waals surface area contributed by atoms with Crippen molar-refractivity contribution in [1.29, 1.82) is 0 Å². The van der Waals surface area contributed by atoms with Crippen LogP contribution in [-0.2, 0) is 9.59 Å². The van der Waals surface area contributed by atoms with Crippen molar-refractivity contribution < 1.29 is 14.0 Å². The summed E-state index contributed by atoms with van der Waals surface area (Å²) < 4.78 is 12.9. The van der Waals surface area contributed by atoms with E-state index in [2.05, 4.69) is 5.32 Å². The highest BCUT2D eigenvalue weighted by atomic mass is 19.1. The molecule has 0 unspecified atom stereocenters. The predicted octanol–water partition coefficient (Wildman–Crippen LogP) is 3.37. The summed E-state index contributed by atoms with van der Waals surface area (Å²) in [6.07, 6.45) is 0.199. The Morgan fingerprint density at radius 2 is 1.83 bits per heavy atom. The minimum Gasteiger partial charge on any atom is -0.335 e. The third-order valence-electron chi connectivity index (χ3n) is 4.39. The van der Waals surface area contributed by atoms with E-state index >= 15 is 0 Å². The second-order valence-corrected chi connectivity index (χ2v) is 6.03. The largest absolute Gasteiger partial charge is 0.335 e. The fraction of sp³-hybridized carbons (Fsp3) is 0.263. The zero-order valence-corrected chi connectivity index (χ0v) is 13.4. The number of amides is 2. The normalized spacial score (nSPS) is 18.5. The molecule has 2 aromatic carbocycles. The summed E-state index contributed by atoms with van der Waals surface area (Å²) in [5, 5.41) is 2.75. The highest BCUT2D eigenvalue weighted by Crippen LogP contribution is 2.29. The van der Waals surface area contributed by atoms with E-state index in [-0.39, 0.29) is 30.1 Å². The molecule has 2 amide bonds. The zero-order valence-electron chi connectivity index (χ0n) is 13.4. The number of benzene rings is 2. The molecule has 24 heavy (non-hydrogen) atoms. The molecule has 1 heterocycles. The first kappa shape index (κ1) is 16.2. The van der Waals surface area contributed by atoms with E-state index in [1.54, 1.807) is 4.90 Å². The fourth-order valence-corrected chi connectivity index (χ4v) is 2.97. The average Bonchev–Trinajstić information content (AvgIpc) is 2.99. The number of carbonyl (C=O) groups excluding carboxylic acids is 2. The summed E-state index contributed by atoms with van der Waals surface area (Å²) in [4.78, 5) is 26.4. The van der Waals surface area contributed by atoms with E-state index in [0.29, 0.717) is 12.2 Å². The Morgan fingerprint density at radius 1 is 1.17 bits per heavy atom. The minimum atomic E-state index is -0.395. The van der Waals surface area contributed by atoms with Crippen LogP contribution in [-0.4, -0.2) is 23.3 Å². The van der Waals surface area contributed by atoms with Crippen LogP contribution in [0.5, 0.6) is 0 Å². The van der Waals surface area contributed by atoms with Gasteiger partial charge in [0.2, 0.25) is 11.8 Å². The van der Waals surface area contributed by atoms with Crippen LogP contribution in [0.2, 0.25) is 0 Å². The molecule has 1 saturated heterocycles. The van der Waals surface area contributed by atoms with Gasteiger partial charge in [-0.3, -0.25) is 9.59 Å². The molecule has 1 aliphatic heterocycles. The van der Waals surface area contributed by atoms with Crippen LogP contribution in [0.3, 0.4) is 0 Å². The first-order valence-electron chi connectivity index (χ1n) is 7.95. The molecular weight excluding hydrogens is 307 g/mol. The van der Waals surface area contributed by atoms with Crippen molar-refractivity contribution in [2.75, 3.05) is 11.9 Å². The van der Waals surface area contributed by atoms with Gasteiger partial charge in [0.1, 0.15) is 5.82 Å². The quantitative estimate of drug-likeness (QED) is 0.936. The Hall–Kier alpha value is -2.69. The monoisotopic (exact) mass is 326 g/mol. The molecule has 1 N–H and O–H groups in total. The number of likely N-dealkylation sites (tertiary alicyclic amines) is 1. The lowest BCUT2D eigenvalue weighted by molar-refractivity contribution is -0.129. The molecule has 1 aliphatic rings. The second kappa shape index (κ2) is 6.83. The van der Waals surface area contributed by atoms with Gasteiger partial charge in [-0.15, -0.1) is 0 Å². The lowest BCUT2D eigenvalue weighted by Crippen LogP contribution is -2.30. The number of rotatable bonds is 4. The highest BCUT2D eigenvalue weighted by Gasteiger charge is 2.36. The Labute approximate surface area is 140 Å². The SMILES string of the molecule is C[C@@H](c1ccccc1)N1C[C@H](C(=O)Nc2ccc(F)cc2)CC1=O. The third-order valence-corrected chi connectivity index (χ3v) is 4.39. The number of hydrogen-bond donors (Lipinski definition) is 1. The second-order valence-electron chi connectivity index (χ2n) is 6.03. The van der Waals surface area contributed by atoms with Gasteiger partial charge in [-0.25, -0.2) is 4.39 Å². The van der Waals surface area contributed by atoms with E-state index in [1.807, 2.05) is 37.3 Å². The van der Waals surface area contributed by atoms with Gasteiger partial charge >= 0.3 is 0 Å². The first-order chi connectivity index (χ1) is 11.5. The Kier molecular flexibility index (Phi) is 4.60. The lowest BCUT2D eigenvalue weighted by Gasteiger charge is -2.25. The summed E-state index contributed by atoms with van der Waals surface area (Å²) in [6.45, 7) is 2.36. The molecule has 0 aromatic heterocycles. The smallest absolute Gasteiger partial charge is 0.229 e. The van der Waals surface area contributed by atoms with Gasteiger partial charge in [-0.05, 0) is 36.8 Å². The fourth-order valence-electron chi connectivity index (χ4n) is 2.97. The van der Waals surface area contributed by atoms with Gasteiger partial charge in [-0.2, -0.15) is 0 Å². The van der Waals surface area contributed by atoms with Gasteiger partial charge in [0, 0.05) is 18.7 Å². The van der Waals surface area contributed by atoms with Crippen LogP contribution in [0, 0.1) is 11.7 Å². The van der Waals surface area contributed by atoms with Gasteiger partial charge < -0.3 is 10.2 Å². The van der Waals surface area contributed by atoms with Crippen molar-refractivity contribution in [1.82, 2.24) is 4.90 Å². The van der Waals surface area contributed by atoms with Gasteiger partial charge in [0.05, 0.1) is 12.0 Å². The molecule has 5 heteroatoms. The molecule has 124 valence electrons. The molecule has 4 nitrogen and oxygen atoms in total. The molecule has 1 fully saturated rings. The van der Waals surface area contributed by atoms with E-state index < -0.39 is 5.92 Å². The van der Waals surface area contributed by atoms with Crippen LogP contribution >= 0.6 is 0 Å². The molecular formula is C19H19FN2O2. The molecule has 2 atom stereocenters. The number of carbonyl (C=O) groups is 2. The summed E-state index contributed by atoms with van der Waals surface area (Å²) in [7, 11) is 0. The van der Waals surface area contributed by atoms with Gasteiger partial charge in [0.15, 0.2) is 0 Å². The van der Waals surface area contributed by atoms with E-state index in [0.717, 1.165) is 5.56 Å². The third kappa shape index (κ3) is 3.45. The van der Waals surface area contributed by atoms with Crippen molar-refractivity contribution in [3.63, 3.8) is 0 Å². The number of nitrogens with one attached hydrogen (secondary N) is 1. The van der Waals surface area contributed by atoms with E-state index in [4.69, 9.17) is 0 Å². The summed E-state index contributed by atoms with van der Waals surface area (Å²) in [5.74, 6) is -0.982. The summed E-state index contributed by atoms with van der Waals surface area (Å²) in [5.41, 5.74) is 1.58. The number of nitrogens with zero attached hydrogens (tertiary/aromatic N) is 1. The minimum absolute atomic E-state index is 0.0226. The van der Waals surface area contributed by atoms with Gasteiger partial charge in [-0.1, -0.05) is 30.3 Å². The maximum absolute atomic E-state index is 12.9. The van der Waals surface area contributed by atoms with Crippen LogP contribution < -0.4 is 5.32 Å². The zero-order chi connectivity index (χ0) is 17.1. The maximum Gasteiger partial charge on any atom is 0.229 e. The standard InChI is InChI=1S/C19H19FN2O2/c1-13(14-5-3-2-4-6-14)22-12-15(11-18(22)23)19(24)21-17-9-7-16(20)8-10-17/h2-10,13,15H,11-12H2,1H3,(H,21,24)/t13-,15+/m0/s1. The van der Waals surface area contributed by atoms with Crippen LogP contribution in [0.25, 0.3) is 0 Å². The molecule has 0 aliphatic carbocycles. The predicted molar refractivity (Wildman–Crippen MR) is 89.7 cm³/mol.